The first-order chi connectivity index (χ1) is 19.6. The number of aliphatic hydroxyl groups is 1. The zero-order chi connectivity index (χ0) is 28.2. The summed E-state index contributed by atoms with van der Waals surface area (Å²) in [5.74, 6) is -1.31. The summed E-state index contributed by atoms with van der Waals surface area (Å²) < 4.78 is 22.0. The molecule has 0 saturated carbocycles. The van der Waals surface area contributed by atoms with Crippen molar-refractivity contribution in [2.24, 2.45) is 5.92 Å². The smallest absolute Gasteiger partial charge is 0.416 e. The topological polar surface area (TPSA) is 112 Å². The number of carbonyl (C=O) groups is 3. The molecule has 0 unspecified atom stereocenters. The molecule has 2 heterocycles. The average molecular weight is 550 g/mol. The van der Waals surface area contributed by atoms with E-state index in [0.717, 1.165) is 16.0 Å². The summed E-state index contributed by atoms with van der Waals surface area (Å²) in [5.41, 5.74) is 1.82. The molecule has 9 heteroatoms. The molecule has 40 heavy (non-hydrogen) atoms. The second kappa shape index (κ2) is 15.1. The van der Waals surface area contributed by atoms with Crippen LogP contribution >= 0.6 is 0 Å². The summed E-state index contributed by atoms with van der Waals surface area (Å²) >= 11 is 0. The predicted octanol–water partition coefficient (Wildman–Crippen LogP) is 3.26. The molecular formula is C31H35NO8. The van der Waals surface area contributed by atoms with Crippen LogP contribution < -0.4 is 0 Å². The molecule has 2 aromatic carbocycles. The molecule has 4 rings (SSSR count). The predicted molar refractivity (Wildman–Crippen MR) is 146 cm³/mol. The molecule has 3 atom stereocenters. The molecule has 2 amide bonds. The lowest BCUT2D eigenvalue weighted by molar-refractivity contribution is -0.143. The number of hydrogen-bond acceptors (Lipinski definition) is 8. The summed E-state index contributed by atoms with van der Waals surface area (Å²) in [6, 6.07) is 18.5. The quantitative estimate of drug-likeness (QED) is 0.358. The lowest BCUT2D eigenvalue weighted by Gasteiger charge is -2.31. The molecular weight excluding hydrogens is 514 g/mol. The Labute approximate surface area is 234 Å². The van der Waals surface area contributed by atoms with E-state index in [0.29, 0.717) is 38.4 Å². The first kappa shape index (κ1) is 29.2. The maximum absolute atomic E-state index is 14.0. The van der Waals surface area contributed by atoms with E-state index in [1.165, 1.54) is 6.08 Å². The standard InChI is InChI=1S/C31H35NO8/c33-15-17-38-19-18-37-16-7-12-26-13-14-28(34)29(40-26)27(21-24-10-5-2-6-11-24)30(35)32-25(22-39-31(32)36)20-23-8-3-1-4-9-23/h1-6,8-14,25,27,29,33H,7,15-22H2/t25-,27-,29-/m0/s1. The van der Waals surface area contributed by atoms with Crippen molar-refractivity contribution in [2.45, 2.75) is 31.4 Å². The number of cyclic esters (lactones) is 1. The van der Waals surface area contributed by atoms with E-state index in [1.807, 2.05) is 60.7 Å². The Morgan fingerprint density at radius 1 is 0.950 bits per heavy atom. The van der Waals surface area contributed by atoms with Crippen LogP contribution in [0.15, 0.2) is 84.7 Å². The lowest BCUT2D eigenvalue weighted by Crippen LogP contribution is -2.49. The van der Waals surface area contributed by atoms with Crippen molar-refractivity contribution in [3.63, 3.8) is 0 Å². The van der Waals surface area contributed by atoms with Crippen molar-refractivity contribution < 1.29 is 38.4 Å². The zero-order valence-corrected chi connectivity index (χ0v) is 22.4. The second-order valence-electron chi connectivity index (χ2n) is 9.54. The van der Waals surface area contributed by atoms with Gasteiger partial charge in [0.05, 0.1) is 45.0 Å². The van der Waals surface area contributed by atoms with Gasteiger partial charge in [0.15, 0.2) is 11.9 Å². The minimum atomic E-state index is -1.09. The molecule has 0 radical (unpaired) electrons. The van der Waals surface area contributed by atoms with Crippen LogP contribution in [0.3, 0.4) is 0 Å². The SMILES string of the molecule is O=C1C=CC(=CCCOCCOCCO)O[C@H]1[C@H](Cc1ccccc1)C(=O)N1C(=O)OC[C@@H]1Cc1ccccc1. The number of amides is 2. The molecule has 1 N–H and O–H groups in total. The number of rotatable bonds is 14. The van der Waals surface area contributed by atoms with Gasteiger partial charge in [-0.3, -0.25) is 9.59 Å². The van der Waals surface area contributed by atoms with Crippen molar-refractivity contribution in [1.82, 2.24) is 4.90 Å². The third-order valence-corrected chi connectivity index (χ3v) is 6.66. The van der Waals surface area contributed by atoms with Gasteiger partial charge >= 0.3 is 6.09 Å². The normalized spacial score (nSPS) is 20.4. The number of benzene rings is 2. The summed E-state index contributed by atoms with van der Waals surface area (Å²) in [6.07, 6.45) is 4.18. The molecule has 0 aliphatic carbocycles. The van der Waals surface area contributed by atoms with Crippen molar-refractivity contribution in [3.8, 4) is 0 Å². The van der Waals surface area contributed by atoms with Crippen LogP contribution in [-0.2, 0) is 41.4 Å². The lowest BCUT2D eigenvalue weighted by atomic mass is 9.88. The van der Waals surface area contributed by atoms with Gasteiger partial charge in [0.1, 0.15) is 12.4 Å². The highest BCUT2D eigenvalue weighted by Crippen LogP contribution is 2.28. The van der Waals surface area contributed by atoms with Gasteiger partial charge in [0, 0.05) is 0 Å². The fourth-order valence-corrected chi connectivity index (χ4v) is 4.71. The van der Waals surface area contributed by atoms with Gasteiger partial charge in [0.25, 0.3) is 0 Å². The molecule has 9 nitrogen and oxygen atoms in total. The Morgan fingerprint density at radius 3 is 2.33 bits per heavy atom. The fourth-order valence-electron chi connectivity index (χ4n) is 4.71. The van der Waals surface area contributed by atoms with Crippen LogP contribution in [0.5, 0.6) is 0 Å². The summed E-state index contributed by atoms with van der Waals surface area (Å²) in [5, 5.41) is 8.73. The zero-order valence-electron chi connectivity index (χ0n) is 22.4. The van der Waals surface area contributed by atoms with E-state index in [2.05, 4.69) is 0 Å². The average Bonchev–Trinajstić information content (AvgIpc) is 3.34. The van der Waals surface area contributed by atoms with Gasteiger partial charge < -0.3 is 24.1 Å². The number of carbonyl (C=O) groups excluding carboxylic acids is 3. The maximum Gasteiger partial charge on any atom is 0.416 e. The Bertz CT molecular complexity index is 1180. The Balaban J connectivity index is 1.48. The minimum Gasteiger partial charge on any atom is -0.482 e. The Morgan fingerprint density at radius 2 is 1.62 bits per heavy atom. The summed E-state index contributed by atoms with van der Waals surface area (Å²) in [6.45, 7) is 1.52. The van der Waals surface area contributed by atoms with Crippen molar-refractivity contribution in [1.29, 1.82) is 0 Å². The number of allylic oxidation sites excluding steroid dienone is 1. The number of ether oxygens (including phenoxy) is 4. The van der Waals surface area contributed by atoms with Crippen molar-refractivity contribution >= 4 is 17.8 Å². The van der Waals surface area contributed by atoms with Gasteiger partial charge in [-0.2, -0.15) is 0 Å². The van der Waals surface area contributed by atoms with Crippen molar-refractivity contribution in [3.05, 3.63) is 95.8 Å². The molecule has 0 spiro atoms. The van der Waals surface area contributed by atoms with Crippen LogP contribution in [0.4, 0.5) is 4.79 Å². The van der Waals surface area contributed by atoms with Gasteiger partial charge in [-0.05, 0) is 48.6 Å². The third-order valence-electron chi connectivity index (χ3n) is 6.66. The van der Waals surface area contributed by atoms with E-state index in [9.17, 15) is 14.4 Å². The molecule has 1 fully saturated rings. The first-order valence-electron chi connectivity index (χ1n) is 13.5. The molecule has 2 aliphatic rings. The molecule has 0 aromatic heterocycles. The Hall–Kier alpha value is -3.79. The number of imide groups is 1. The monoisotopic (exact) mass is 549 g/mol. The number of ketones is 1. The van der Waals surface area contributed by atoms with Gasteiger partial charge in [-0.25, -0.2) is 9.69 Å². The fraction of sp³-hybridized carbons (Fsp3) is 0.387. The van der Waals surface area contributed by atoms with Crippen LogP contribution in [0.1, 0.15) is 17.5 Å². The minimum absolute atomic E-state index is 0.0317. The van der Waals surface area contributed by atoms with Crippen molar-refractivity contribution in [2.75, 3.05) is 39.6 Å². The van der Waals surface area contributed by atoms with E-state index in [-0.39, 0.29) is 32.0 Å². The van der Waals surface area contributed by atoms with E-state index >= 15 is 0 Å². The summed E-state index contributed by atoms with van der Waals surface area (Å²) in [7, 11) is 0. The second-order valence-corrected chi connectivity index (χ2v) is 9.54. The van der Waals surface area contributed by atoms with Gasteiger partial charge in [-0.1, -0.05) is 60.7 Å². The van der Waals surface area contributed by atoms with Crippen LogP contribution in [0.25, 0.3) is 0 Å². The molecule has 2 aromatic rings. The molecule has 2 aliphatic heterocycles. The highest BCUT2D eigenvalue weighted by atomic mass is 16.6. The molecule has 212 valence electrons. The van der Waals surface area contributed by atoms with Crippen LogP contribution in [0.2, 0.25) is 0 Å². The number of hydrogen-bond donors (Lipinski definition) is 1. The first-order valence-corrected chi connectivity index (χ1v) is 13.5. The van der Waals surface area contributed by atoms with E-state index in [4.69, 9.17) is 24.1 Å². The molecule has 1 saturated heterocycles. The van der Waals surface area contributed by atoms with Crippen LogP contribution in [-0.4, -0.2) is 79.6 Å². The van der Waals surface area contributed by atoms with Gasteiger partial charge in [-0.15, -0.1) is 0 Å². The largest absolute Gasteiger partial charge is 0.482 e. The highest BCUT2D eigenvalue weighted by Gasteiger charge is 2.45. The third kappa shape index (κ3) is 8.11. The number of aliphatic hydroxyl groups excluding tert-OH is 1. The van der Waals surface area contributed by atoms with E-state index in [1.54, 1.807) is 12.2 Å². The molecule has 0 bridgehead atoms. The highest BCUT2D eigenvalue weighted by molar-refractivity contribution is 6.02. The Kier molecular flexibility index (Phi) is 11.0. The summed E-state index contributed by atoms with van der Waals surface area (Å²) in [4.78, 5) is 41.0. The maximum atomic E-state index is 14.0. The van der Waals surface area contributed by atoms with E-state index < -0.39 is 30.1 Å². The van der Waals surface area contributed by atoms with Gasteiger partial charge in [0.2, 0.25) is 5.91 Å². The number of nitrogens with zero attached hydrogens (tertiary/aromatic N) is 1. The van der Waals surface area contributed by atoms with Crippen LogP contribution in [0, 0.1) is 5.92 Å².